The average Bonchev–Trinajstić information content (AvgIpc) is 1.36. The minimum Gasteiger partial charge on any atom is -0.488 e. The van der Waals surface area contributed by atoms with E-state index in [-0.39, 0.29) is 55.2 Å². The number of benzene rings is 6. The minimum atomic E-state index is -0.393. The molecule has 0 saturated carbocycles. The molecular formula is C74H85ClN14O7. The zero-order valence-corrected chi connectivity index (χ0v) is 55.8. The van der Waals surface area contributed by atoms with Gasteiger partial charge < -0.3 is 35.5 Å². The molecule has 1 aliphatic heterocycles. The fraction of sp³-hybridized carbons (Fsp3) is 0.297. The number of hydrogen-bond donors (Lipinski definition) is 6. The Kier molecular flexibility index (Phi) is 23.3. The third kappa shape index (κ3) is 18.6. The summed E-state index contributed by atoms with van der Waals surface area (Å²) in [6.45, 7) is 22.6. The van der Waals surface area contributed by atoms with Gasteiger partial charge in [0.15, 0.2) is 0 Å². The number of nitrogens with zero attached hydrogens (tertiary/aromatic N) is 8. The number of halogens is 1. The quantitative estimate of drug-likeness (QED) is 0.0390. The maximum absolute atomic E-state index is 13.4. The second-order valence-corrected chi connectivity index (χ2v) is 25.6. The molecule has 0 radical (unpaired) electrons. The van der Waals surface area contributed by atoms with Gasteiger partial charge in [0, 0.05) is 96.7 Å². The van der Waals surface area contributed by atoms with Crippen molar-refractivity contribution in [1.29, 1.82) is 0 Å². The Hall–Kier alpha value is -10.2. The van der Waals surface area contributed by atoms with E-state index in [4.69, 9.17) is 36.0 Å². The summed E-state index contributed by atoms with van der Waals surface area (Å²) < 4.78 is 21.1. The second kappa shape index (κ2) is 31.8. The number of aromatic nitrogens is 6. The van der Waals surface area contributed by atoms with Crippen LogP contribution in [0.15, 0.2) is 170 Å². The van der Waals surface area contributed by atoms with Gasteiger partial charge >= 0.3 is 12.1 Å². The van der Waals surface area contributed by atoms with Crippen LogP contribution in [-0.4, -0.2) is 122 Å². The number of aryl methyl sites for hydroxylation is 2. The zero-order chi connectivity index (χ0) is 67.2. The van der Waals surface area contributed by atoms with E-state index in [0.717, 1.165) is 99.3 Å². The highest BCUT2D eigenvalue weighted by atomic mass is 35.5. The fourth-order valence-electron chi connectivity index (χ4n) is 10.5. The lowest BCUT2D eigenvalue weighted by molar-refractivity contribution is -0.118. The monoisotopic (exact) mass is 1320 g/mol. The van der Waals surface area contributed by atoms with Crippen molar-refractivity contribution in [3.8, 4) is 22.9 Å². The molecule has 6 N–H and O–H groups in total. The SMILES string of the molecule is C.COCCN1CCN(CC(=O)Nc2cc(COc3ccc(NC(=O)Nc4cc(C(C)(C)C)nn4-c4ccc(C)cc4)c4ccccc34)ccn2)CC1.Cc1ccc(-n2nc(C(C)(C)C)cc2NC(=O)Nc2ccc(OCc3ccnc(NC(=O)CCl)c3)c3ccccc23)cc1. The molecule has 1 fully saturated rings. The maximum Gasteiger partial charge on any atom is 0.324 e. The van der Waals surface area contributed by atoms with Gasteiger partial charge in [-0.3, -0.25) is 30.0 Å². The van der Waals surface area contributed by atoms with Crippen LogP contribution >= 0.6 is 11.6 Å². The van der Waals surface area contributed by atoms with Crippen LogP contribution in [0.25, 0.3) is 32.9 Å². The molecule has 0 spiro atoms. The molecule has 1 aliphatic rings. The Balaban J connectivity index is 0.000000227. The molecule has 21 nitrogen and oxygen atoms in total. The second-order valence-electron chi connectivity index (χ2n) is 25.3. The average molecular weight is 1320 g/mol. The number of alkyl halides is 1. The molecule has 96 heavy (non-hydrogen) atoms. The van der Waals surface area contributed by atoms with Crippen LogP contribution in [0, 0.1) is 13.8 Å². The highest BCUT2D eigenvalue weighted by molar-refractivity contribution is 6.29. The fourth-order valence-corrected chi connectivity index (χ4v) is 10.6. The van der Waals surface area contributed by atoms with Gasteiger partial charge in [-0.15, -0.1) is 11.6 Å². The first-order valence-corrected chi connectivity index (χ1v) is 32.0. The Morgan fingerprint density at radius 2 is 0.917 bits per heavy atom. The van der Waals surface area contributed by atoms with Crippen molar-refractivity contribution in [3.05, 3.63) is 204 Å². The van der Waals surface area contributed by atoms with E-state index in [1.54, 1.807) is 34.9 Å². The summed E-state index contributed by atoms with van der Waals surface area (Å²) >= 11 is 5.58. The molecule has 6 amide bonds. The number of piperazine rings is 1. The number of amides is 6. The first-order chi connectivity index (χ1) is 45.7. The molecule has 0 aliphatic carbocycles. The maximum atomic E-state index is 13.4. The van der Waals surface area contributed by atoms with Gasteiger partial charge in [0.25, 0.3) is 0 Å². The van der Waals surface area contributed by atoms with Crippen molar-refractivity contribution in [2.45, 2.75) is 86.9 Å². The first kappa shape index (κ1) is 70.1. The van der Waals surface area contributed by atoms with Crippen LogP contribution in [0.2, 0.25) is 0 Å². The largest absolute Gasteiger partial charge is 0.488 e. The molecule has 0 unspecified atom stereocenters. The van der Waals surface area contributed by atoms with Gasteiger partial charge in [0.05, 0.1) is 47.3 Å². The molecule has 500 valence electrons. The van der Waals surface area contributed by atoms with Crippen LogP contribution < -0.4 is 41.4 Å². The van der Waals surface area contributed by atoms with E-state index < -0.39 is 6.03 Å². The summed E-state index contributed by atoms with van der Waals surface area (Å²) in [6.07, 6.45) is 3.27. The van der Waals surface area contributed by atoms with Crippen molar-refractivity contribution in [2.24, 2.45) is 0 Å². The third-order valence-electron chi connectivity index (χ3n) is 15.8. The van der Waals surface area contributed by atoms with E-state index in [0.29, 0.717) is 59.3 Å². The van der Waals surface area contributed by atoms with Gasteiger partial charge in [-0.2, -0.15) is 10.2 Å². The standard InChI is InChI=1S/C40H48N8O4.C33H33ClN6O3.CH4/c1-28-10-12-30(13-11-28)48-37(25-35(45-48)40(2,3)4)44-39(50)42-33-14-15-34(32-9-7-6-8-31(32)33)52-27-29-16-17-41-36(24-29)43-38(49)26-47-20-18-46(19-21-47)22-23-51-5;1-21-9-11-23(12-10-21)40-30(18-28(39-40)33(2,3)4)38-32(42)36-26-13-14-27(25-8-6-5-7-24(25)26)43-20-22-15-16-35-29(17-22)37-31(41)19-34;/h6-17,24-25H,18-23,26-27H2,1-5H3,(H,41,43,49)(H2,42,44,50);5-18H,19-20H2,1-4H3,(H,35,37,41)(H2,36,38,42);1H4. The van der Waals surface area contributed by atoms with Gasteiger partial charge in [0.2, 0.25) is 11.8 Å². The summed E-state index contributed by atoms with van der Waals surface area (Å²) in [6, 6.07) is 49.1. The number of pyridine rings is 2. The number of rotatable bonds is 20. The van der Waals surface area contributed by atoms with E-state index in [1.165, 1.54) is 0 Å². The van der Waals surface area contributed by atoms with E-state index in [1.807, 2.05) is 166 Å². The minimum absolute atomic E-state index is 0. The number of methoxy groups -OCH3 is 1. The number of fused-ring (bicyclic) bond motifs is 2. The Bertz CT molecular complexity index is 4320. The lowest BCUT2D eigenvalue weighted by atomic mass is 9.92. The highest BCUT2D eigenvalue weighted by Crippen LogP contribution is 2.35. The smallest absolute Gasteiger partial charge is 0.324 e. The Labute approximate surface area is 565 Å². The Morgan fingerprint density at radius 3 is 1.33 bits per heavy atom. The topological polar surface area (TPSA) is 236 Å². The predicted octanol–water partition coefficient (Wildman–Crippen LogP) is 14.5. The number of hydrogen-bond acceptors (Lipinski definition) is 13. The number of carbonyl (C=O) groups is 4. The number of ether oxygens (including phenoxy) is 3. The van der Waals surface area contributed by atoms with Gasteiger partial charge in [-0.25, -0.2) is 28.9 Å². The highest BCUT2D eigenvalue weighted by Gasteiger charge is 2.25. The number of anilines is 6. The molecule has 5 heterocycles. The van der Waals surface area contributed by atoms with E-state index in [2.05, 4.69) is 93.2 Å². The predicted molar refractivity (Wildman–Crippen MR) is 384 cm³/mol. The molecule has 4 aromatic heterocycles. The lowest BCUT2D eigenvalue weighted by Crippen LogP contribution is -2.49. The summed E-state index contributed by atoms with van der Waals surface area (Å²) in [7, 11) is 1.71. The van der Waals surface area contributed by atoms with Crippen molar-refractivity contribution in [2.75, 3.05) is 90.8 Å². The van der Waals surface area contributed by atoms with Crippen LogP contribution in [0.1, 0.15) is 82.6 Å². The molecule has 0 atom stereocenters. The number of urea groups is 2. The molecule has 11 rings (SSSR count). The molecule has 22 heteroatoms. The van der Waals surface area contributed by atoms with E-state index in [9.17, 15) is 19.2 Å². The zero-order valence-electron chi connectivity index (χ0n) is 55.1. The van der Waals surface area contributed by atoms with Crippen LogP contribution in [-0.2, 0) is 38.4 Å². The molecule has 1 saturated heterocycles. The van der Waals surface area contributed by atoms with Gasteiger partial charge in [-0.05, 0) is 97.8 Å². The van der Waals surface area contributed by atoms with Crippen molar-refractivity contribution in [3.63, 3.8) is 0 Å². The van der Waals surface area contributed by atoms with E-state index >= 15 is 0 Å². The van der Waals surface area contributed by atoms with Crippen molar-refractivity contribution in [1.82, 2.24) is 39.3 Å². The number of nitrogens with one attached hydrogen (secondary N) is 6. The van der Waals surface area contributed by atoms with Crippen molar-refractivity contribution >= 4 is 91.7 Å². The molecular weight excluding hydrogens is 1230 g/mol. The number of carbonyl (C=O) groups excluding carboxylic acids is 4. The normalized spacial score (nSPS) is 12.6. The summed E-state index contributed by atoms with van der Waals surface area (Å²) in [5.41, 5.74) is 8.26. The Morgan fingerprint density at radius 1 is 0.500 bits per heavy atom. The summed E-state index contributed by atoms with van der Waals surface area (Å²) in [5, 5.41) is 30.6. The van der Waals surface area contributed by atoms with Crippen molar-refractivity contribution < 1.29 is 33.4 Å². The van der Waals surface area contributed by atoms with Gasteiger partial charge in [-0.1, -0.05) is 133 Å². The van der Waals surface area contributed by atoms with Gasteiger partial charge in [0.1, 0.15) is 53.9 Å². The summed E-state index contributed by atoms with van der Waals surface area (Å²) in [4.78, 5) is 64.2. The molecule has 0 bridgehead atoms. The van der Waals surface area contributed by atoms with Crippen LogP contribution in [0.3, 0.4) is 0 Å². The third-order valence-corrected chi connectivity index (χ3v) is 16.0. The first-order valence-electron chi connectivity index (χ1n) is 31.5. The summed E-state index contributed by atoms with van der Waals surface area (Å²) in [5.74, 6) is 2.76. The van der Waals surface area contributed by atoms with Crippen LogP contribution in [0.5, 0.6) is 11.5 Å². The molecule has 6 aromatic carbocycles. The molecule has 10 aromatic rings. The lowest BCUT2D eigenvalue weighted by Gasteiger charge is -2.34. The van der Waals surface area contributed by atoms with Crippen LogP contribution in [0.4, 0.5) is 44.2 Å².